The number of amides is 3. The van der Waals surface area contributed by atoms with Gasteiger partial charge < -0.3 is 20.2 Å². The van der Waals surface area contributed by atoms with Crippen molar-refractivity contribution in [2.45, 2.75) is 83.5 Å². The van der Waals surface area contributed by atoms with Crippen molar-refractivity contribution in [1.82, 2.24) is 34.2 Å². The van der Waals surface area contributed by atoms with Gasteiger partial charge in [-0.05, 0) is 76.4 Å². The van der Waals surface area contributed by atoms with Crippen molar-refractivity contribution in [3.05, 3.63) is 63.8 Å². The molecule has 2 unspecified atom stereocenters. The molecule has 2 atom stereocenters. The van der Waals surface area contributed by atoms with Crippen molar-refractivity contribution in [3.63, 3.8) is 0 Å². The highest BCUT2D eigenvalue weighted by molar-refractivity contribution is 6.33. The Morgan fingerprint density at radius 1 is 1.06 bits per heavy atom. The molecule has 2 fully saturated rings. The quantitative estimate of drug-likeness (QED) is 0.176. The number of imide groups is 1. The van der Waals surface area contributed by atoms with Gasteiger partial charge in [0.1, 0.15) is 5.02 Å². The molecule has 3 amide bonds. The Bertz CT molecular complexity index is 2320. The molecule has 2 aromatic carbocycles. The van der Waals surface area contributed by atoms with Crippen LogP contribution in [0.4, 0.5) is 23.1 Å². The normalized spacial score (nSPS) is 18.2. The van der Waals surface area contributed by atoms with Crippen molar-refractivity contribution >= 4 is 74.4 Å². The first-order valence-electron chi connectivity index (χ1n) is 17.8. The molecule has 3 N–H and O–H groups in total. The van der Waals surface area contributed by atoms with Gasteiger partial charge in [-0.2, -0.15) is 10.1 Å². The third-order valence-corrected chi connectivity index (χ3v) is 10.6. The van der Waals surface area contributed by atoms with Crippen LogP contribution >= 0.6 is 11.6 Å². The van der Waals surface area contributed by atoms with Crippen molar-refractivity contribution in [2.24, 2.45) is 7.05 Å². The molecule has 0 radical (unpaired) electrons. The lowest BCUT2D eigenvalue weighted by molar-refractivity contribution is -0.134. The molecule has 7 rings (SSSR count). The van der Waals surface area contributed by atoms with Crippen LogP contribution in [0.1, 0.15) is 64.5 Å². The molecule has 0 spiro atoms. The number of piperidine rings is 2. The summed E-state index contributed by atoms with van der Waals surface area (Å²) in [5, 5.41) is 21.8. The smallest absolute Gasteiger partial charge is 0.329 e. The number of benzene rings is 2. The average Bonchev–Trinajstić information content (AvgIpc) is 3.58. The Kier molecular flexibility index (Phi) is 9.49. The van der Waals surface area contributed by atoms with E-state index in [1.807, 2.05) is 55.3 Å². The fraction of sp³-hybridized carbons (Fsp3) is 0.432. The molecular weight excluding hydrogens is 700 g/mol. The van der Waals surface area contributed by atoms with Crippen LogP contribution in [0.3, 0.4) is 0 Å². The topological polar surface area (TPSA) is 173 Å². The zero-order valence-corrected chi connectivity index (χ0v) is 31.1. The highest BCUT2D eigenvalue weighted by Crippen LogP contribution is 2.34. The SMILES string of the molecule is CCn1c(=O)n(CCC(C)(C)O)c2cc(Nc3nc(N(C)C4CCN(c5ccc6c(C7CCC(=O)NC7=O)nn(C)c6c5)C(=O)C4)ncc3Cl)ccc21. The summed E-state index contributed by atoms with van der Waals surface area (Å²) in [4.78, 5) is 64.0. The first kappa shape index (κ1) is 36.1. The van der Waals surface area contributed by atoms with Crippen LogP contribution in [-0.4, -0.2) is 76.9 Å². The van der Waals surface area contributed by atoms with Gasteiger partial charge in [-0.1, -0.05) is 11.6 Å². The fourth-order valence-electron chi connectivity index (χ4n) is 7.29. The minimum atomic E-state index is -0.923. The number of imidazole rings is 1. The Labute approximate surface area is 310 Å². The number of aliphatic hydroxyl groups is 1. The third kappa shape index (κ3) is 6.98. The number of fused-ring (bicyclic) bond motifs is 2. The second-order valence-electron chi connectivity index (χ2n) is 14.5. The second kappa shape index (κ2) is 13.9. The molecule has 53 heavy (non-hydrogen) atoms. The average molecular weight is 743 g/mol. The van der Waals surface area contributed by atoms with Crippen LogP contribution in [0.25, 0.3) is 21.9 Å². The maximum absolute atomic E-state index is 13.6. The molecule has 15 nitrogen and oxygen atoms in total. The Morgan fingerprint density at radius 3 is 2.57 bits per heavy atom. The van der Waals surface area contributed by atoms with E-state index in [-0.39, 0.29) is 42.3 Å². The van der Waals surface area contributed by atoms with Gasteiger partial charge in [0.25, 0.3) is 0 Å². The largest absolute Gasteiger partial charge is 0.390 e. The molecule has 5 aromatic rings. The predicted molar refractivity (Wildman–Crippen MR) is 203 cm³/mol. The van der Waals surface area contributed by atoms with E-state index < -0.39 is 11.5 Å². The lowest BCUT2D eigenvalue weighted by Gasteiger charge is -2.36. The number of halogens is 1. The number of aryl methyl sites for hydroxylation is 3. The van der Waals surface area contributed by atoms with Crippen molar-refractivity contribution < 1.29 is 19.5 Å². The summed E-state index contributed by atoms with van der Waals surface area (Å²) in [6.45, 7) is 6.72. The summed E-state index contributed by atoms with van der Waals surface area (Å²) in [6, 6.07) is 11.1. The number of nitrogens with zero attached hydrogens (tertiary/aromatic N) is 8. The molecule has 0 saturated carbocycles. The molecule has 278 valence electrons. The highest BCUT2D eigenvalue weighted by atomic mass is 35.5. The lowest BCUT2D eigenvalue weighted by atomic mass is 9.92. The van der Waals surface area contributed by atoms with Crippen LogP contribution in [-0.2, 0) is 34.5 Å². The maximum Gasteiger partial charge on any atom is 0.329 e. The molecule has 5 heterocycles. The highest BCUT2D eigenvalue weighted by Gasteiger charge is 2.33. The van der Waals surface area contributed by atoms with Crippen LogP contribution < -0.4 is 26.1 Å². The van der Waals surface area contributed by atoms with E-state index in [1.54, 1.807) is 39.6 Å². The molecule has 3 aromatic heterocycles. The number of carbonyl (C=O) groups excluding carboxylic acids is 3. The molecule has 2 aliphatic heterocycles. The molecule has 2 saturated heterocycles. The summed E-state index contributed by atoms with van der Waals surface area (Å²) in [6.07, 6.45) is 3.51. The van der Waals surface area contributed by atoms with E-state index in [4.69, 9.17) is 16.6 Å². The van der Waals surface area contributed by atoms with Crippen molar-refractivity contribution in [3.8, 4) is 0 Å². The predicted octanol–water partition coefficient (Wildman–Crippen LogP) is 4.21. The molecule has 16 heteroatoms. The standard InChI is InChI=1S/C37H43ClN10O5/c1-6-46-27-11-7-21(17-29(27)48(36(46)52)16-14-37(2,3)53)40-33-26(38)20-39-35(42-33)44(4)22-13-15-47(31(50)19-22)23-8-9-24-28(18-23)45(5)43-32(24)25-10-12-30(49)41-34(25)51/h7-9,11,17-18,20,22,25,53H,6,10,12-16,19H2,1-5H3,(H,39,40,42)(H,41,49,51). The minimum absolute atomic E-state index is 0.0460. The fourth-order valence-corrected chi connectivity index (χ4v) is 7.43. The van der Waals surface area contributed by atoms with E-state index >= 15 is 0 Å². The van der Waals surface area contributed by atoms with Crippen LogP contribution in [0.5, 0.6) is 0 Å². The first-order chi connectivity index (χ1) is 25.2. The second-order valence-corrected chi connectivity index (χ2v) is 14.9. The van der Waals surface area contributed by atoms with E-state index in [0.29, 0.717) is 67.1 Å². The van der Waals surface area contributed by atoms with Gasteiger partial charge in [0, 0.05) is 69.4 Å². The Morgan fingerprint density at radius 2 is 1.85 bits per heavy atom. The number of anilines is 4. The monoisotopic (exact) mass is 742 g/mol. The first-order valence-corrected chi connectivity index (χ1v) is 18.2. The van der Waals surface area contributed by atoms with Crippen molar-refractivity contribution in [1.29, 1.82) is 0 Å². The van der Waals surface area contributed by atoms with E-state index in [9.17, 15) is 24.3 Å². The van der Waals surface area contributed by atoms with Crippen LogP contribution in [0.15, 0.2) is 47.4 Å². The third-order valence-electron chi connectivity index (χ3n) is 10.3. The zero-order chi connectivity index (χ0) is 37.8. The van der Waals surface area contributed by atoms with E-state index in [2.05, 4.69) is 20.7 Å². The Hall–Kier alpha value is -5.28. The number of aromatic nitrogens is 6. The summed E-state index contributed by atoms with van der Waals surface area (Å²) in [5.41, 5.74) is 3.31. The van der Waals surface area contributed by atoms with Crippen LogP contribution in [0, 0.1) is 0 Å². The summed E-state index contributed by atoms with van der Waals surface area (Å²) < 4.78 is 5.10. The summed E-state index contributed by atoms with van der Waals surface area (Å²) in [5.74, 6) is -0.377. The number of nitrogens with one attached hydrogen (secondary N) is 2. The van der Waals surface area contributed by atoms with Gasteiger partial charge in [0.05, 0.1) is 40.0 Å². The molecule has 0 bridgehead atoms. The van der Waals surface area contributed by atoms with Crippen molar-refractivity contribution in [2.75, 3.05) is 28.7 Å². The van der Waals surface area contributed by atoms with Crippen LogP contribution in [0.2, 0.25) is 5.02 Å². The van der Waals surface area contributed by atoms with Gasteiger partial charge in [0.2, 0.25) is 23.7 Å². The number of rotatable bonds is 10. The number of hydrogen-bond acceptors (Lipinski definition) is 10. The maximum atomic E-state index is 13.6. The molecule has 0 aliphatic carbocycles. The van der Waals surface area contributed by atoms with Gasteiger partial charge in [0.15, 0.2) is 5.82 Å². The van der Waals surface area contributed by atoms with Gasteiger partial charge in [-0.25, -0.2) is 9.78 Å². The van der Waals surface area contributed by atoms with E-state index in [0.717, 1.165) is 27.6 Å². The molecular formula is C37H43ClN10O5. The lowest BCUT2D eigenvalue weighted by Crippen LogP contribution is -2.47. The van der Waals surface area contributed by atoms with Gasteiger partial charge >= 0.3 is 5.69 Å². The summed E-state index contributed by atoms with van der Waals surface area (Å²) in [7, 11) is 3.67. The minimum Gasteiger partial charge on any atom is -0.390 e. The molecule has 2 aliphatic rings. The summed E-state index contributed by atoms with van der Waals surface area (Å²) >= 11 is 6.57. The number of carbonyl (C=O) groups is 3. The number of hydrogen-bond donors (Lipinski definition) is 3. The zero-order valence-electron chi connectivity index (χ0n) is 30.4. The Balaban J connectivity index is 1.06. The van der Waals surface area contributed by atoms with Gasteiger partial charge in [-0.3, -0.25) is 33.5 Å². The van der Waals surface area contributed by atoms with Gasteiger partial charge in [-0.15, -0.1) is 0 Å². The van der Waals surface area contributed by atoms with E-state index in [1.165, 1.54) is 6.20 Å².